The number of anilines is 3. The summed E-state index contributed by atoms with van der Waals surface area (Å²) in [6, 6.07) is 6.80. The summed E-state index contributed by atoms with van der Waals surface area (Å²) in [5.74, 6) is 0.961. The number of aliphatic hydroxyl groups excluding tert-OH is 1. The van der Waals surface area contributed by atoms with Crippen LogP contribution in [0, 0.1) is 0 Å². The van der Waals surface area contributed by atoms with E-state index in [0.29, 0.717) is 24.1 Å². The molecule has 3 atom stereocenters. The lowest BCUT2D eigenvalue weighted by Gasteiger charge is -2.25. The van der Waals surface area contributed by atoms with E-state index in [1.165, 1.54) is 15.6 Å². The number of hydrogen-bond donors (Lipinski definition) is 3. The molecule has 13 nitrogen and oxygen atoms in total. The van der Waals surface area contributed by atoms with E-state index < -0.39 is 29.7 Å². The van der Waals surface area contributed by atoms with Crippen molar-refractivity contribution >= 4 is 35.1 Å². The Morgan fingerprint density at radius 2 is 1.98 bits per heavy atom. The topological polar surface area (TPSA) is 152 Å². The van der Waals surface area contributed by atoms with Gasteiger partial charge in [-0.05, 0) is 45.7 Å². The zero-order valence-electron chi connectivity index (χ0n) is 23.1. The summed E-state index contributed by atoms with van der Waals surface area (Å²) in [5, 5.41) is 20.4. The van der Waals surface area contributed by atoms with Crippen LogP contribution in [-0.2, 0) is 14.2 Å². The minimum absolute atomic E-state index is 0.149. The minimum atomic E-state index is -0.808. The second kappa shape index (κ2) is 11.4. The lowest BCUT2D eigenvalue weighted by Crippen LogP contribution is -2.42. The molecular formula is C27H35N7O6. The lowest BCUT2D eigenvalue weighted by molar-refractivity contribution is 0.0587. The molecule has 5 heterocycles. The second-order valence-corrected chi connectivity index (χ2v) is 11.0. The van der Waals surface area contributed by atoms with Crippen molar-refractivity contribution in [2.24, 2.45) is 0 Å². The van der Waals surface area contributed by atoms with Crippen LogP contribution in [0.3, 0.4) is 0 Å². The van der Waals surface area contributed by atoms with Crippen molar-refractivity contribution in [1.29, 1.82) is 0 Å². The standard InChI is InChI=1S/C27H35N7O6/c1-27(2,3)40-26(37)33(4)23-11-22(31-21-9-5-8-18(29-21)16-7-6-10-38-13-16)32-24-17(12-28-34(23)24)25(36)30-19-14-39-15-20(19)35/h5,8-9,11-12,16,19-20,35H,6-7,10,13-15H2,1-4H3,(H,30,36)(H,29,31,32)/t16-,19-,20+/m0/s1. The van der Waals surface area contributed by atoms with Crippen molar-refractivity contribution in [3.63, 3.8) is 0 Å². The van der Waals surface area contributed by atoms with Gasteiger partial charge in [0.25, 0.3) is 5.91 Å². The summed E-state index contributed by atoms with van der Waals surface area (Å²) < 4.78 is 17.8. The molecule has 0 bridgehead atoms. The number of rotatable bonds is 6. The molecule has 2 aliphatic heterocycles. The maximum atomic E-state index is 13.2. The van der Waals surface area contributed by atoms with Crippen molar-refractivity contribution in [3.05, 3.63) is 41.7 Å². The predicted octanol–water partition coefficient (Wildman–Crippen LogP) is 2.62. The first-order valence-corrected chi connectivity index (χ1v) is 13.3. The Morgan fingerprint density at radius 1 is 1.15 bits per heavy atom. The molecule has 2 amide bonds. The number of aromatic nitrogens is 4. The molecule has 0 radical (unpaired) electrons. The molecule has 0 unspecified atom stereocenters. The van der Waals surface area contributed by atoms with Gasteiger partial charge in [-0.15, -0.1) is 0 Å². The fourth-order valence-corrected chi connectivity index (χ4v) is 4.61. The summed E-state index contributed by atoms with van der Waals surface area (Å²) in [6.45, 7) is 7.08. The van der Waals surface area contributed by atoms with Crippen LogP contribution in [0.15, 0.2) is 30.5 Å². The summed E-state index contributed by atoms with van der Waals surface area (Å²) in [4.78, 5) is 36.9. The number of nitrogens with zero attached hydrogens (tertiary/aromatic N) is 5. The molecule has 0 aromatic carbocycles. The monoisotopic (exact) mass is 553 g/mol. The Morgan fingerprint density at radius 3 is 2.67 bits per heavy atom. The zero-order chi connectivity index (χ0) is 28.4. The van der Waals surface area contributed by atoms with E-state index in [1.807, 2.05) is 18.2 Å². The molecule has 2 fully saturated rings. The van der Waals surface area contributed by atoms with E-state index in [2.05, 4.69) is 20.7 Å². The third-order valence-corrected chi connectivity index (χ3v) is 6.68. The third-order valence-electron chi connectivity index (χ3n) is 6.68. The van der Waals surface area contributed by atoms with Crippen LogP contribution in [0.2, 0.25) is 0 Å². The van der Waals surface area contributed by atoms with Gasteiger partial charge in [0.1, 0.15) is 28.6 Å². The van der Waals surface area contributed by atoms with E-state index in [9.17, 15) is 14.7 Å². The Hall–Kier alpha value is -3.81. The number of ether oxygens (including phenoxy) is 3. The number of carbonyl (C=O) groups excluding carboxylic acids is 2. The van der Waals surface area contributed by atoms with Gasteiger partial charge in [-0.25, -0.2) is 14.8 Å². The van der Waals surface area contributed by atoms with Gasteiger partial charge in [0.15, 0.2) is 5.65 Å². The first-order valence-electron chi connectivity index (χ1n) is 13.3. The van der Waals surface area contributed by atoms with Crippen molar-refractivity contribution in [2.75, 3.05) is 43.7 Å². The maximum absolute atomic E-state index is 13.2. The van der Waals surface area contributed by atoms with Crippen LogP contribution in [0.5, 0.6) is 0 Å². The van der Waals surface area contributed by atoms with Gasteiger partial charge in [0, 0.05) is 31.3 Å². The van der Waals surface area contributed by atoms with Gasteiger partial charge in [0.2, 0.25) is 0 Å². The molecule has 5 rings (SSSR count). The predicted molar refractivity (Wildman–Crippen MR) is 146 cm³/mol. The molecule has 214 valence electrons. The van der Waals surface area contributed by atoms with Crippen molar-refractivity contribution < 1.29 is 28.9 Å². The maximum Gasteiger partial charge on any atom is 0.415 e. The van der Waals surface area contributed by atoms with Gasteiger partial charge in [-0.1, -0.05) is 6.07 Å². The SMILES string of the molecule is CN(C(=O)OC(C)(C)C)c1cc(Nc2cccc([C@H]3CCCOC3)n2)nc2c(C(=O)N[C@H]3COC[C@H]3O)cnn12. The number of carbonyl (C=O) groups is 2. The quantitative estimate of drug-likeness (QED) is 0.415. The average Bonchev–Trinajstić information content (AvgIpc) is 3.53. The highest BCUT2D eigenvalue weighted by molar-refractivity contribution is 6.00. The van der Waals surface area contributed by atoms with Crippen LogP contribution in [0.4, 0.5) is 22.2 Å². The number of amides is 2. The fourth-order valence-electron chi connectivity index (χ4n) is 4.61. The smallest absolute Gasteiger partial charge is 0.415 e. The van der Waals surface area contributed by atoms with E-state index in [0.717, 1.165) is 25.1 Å². The summed E-state index contributed by atoms with van der Waals surface area (Å²) >= 11 is 0. The Balaban J connectivity index is 1.50. The van der Waals surface area contributed by atoms with Gasteiger partial charge < -0.3 is 30.0 Å². The van der Waals surface area contributed by atoms with E-state index >= 15 is 0 Å². The number of pyridine rings is 1. The van der Waals surface area contributed by atoms with Crippen molar-refractivity contribution in [1.82, 2.24) is 24.9 Å². The molecule has 2 aliphatic rings. The fraction of sp³-hybridized carbons (Fsp3) is 0.519. The molecule has 0 spiro atoms. The molecule has 3 aromatic rings. The highest BCUT2D eigenvalue weighted by Gasteiger charge is 2.30. The van der Waals surface area contributed by atoms with E-state index in [4.69, 9.17) is 19.2 Å². The first-order chi connectivity index (χ1) is 19.1. The molecule has 3 aromatic heterocycles. The Kier molecular flexibility index (Phi) is 7.88. The molecular weight excluding hydrogens is 518 g/mol. The highest BCUT2D eigenvalue weighted by atomic mass is 16.6. The Bertz CT molecular complexity index is 1380. The van der Waals surface area contributed by atoms with Crippen LogP contribution in [-0.4, -0.2) is 87.9 Å². The van der Waals surface area contributed by atoms with Crippen molar-refractivity contribution in [2.45, 2.75) is 57.3 Å². The molecule has 40 heavy (non-hydrogen) atoms. The lowest BCUT2D eigenvalue weighted by atomic mass is 9.98. The molecule has 13 heteroatoms. The third kappa shape index (κ3) is 6.16. The van der Waals surface area contributed by atoms with Crippen molar-refractivity contribution in [3.8, 4) is 0 Å². The summed E-state index contributed by atoms with van der Waals surface area (Å²) in [5.41, 5.74) is 0.574. The van der Waals surface area contributed by atoms with E-state index in [1.54, 1.807) is 33.9 Å². The molecule has 0 aliphatic carbocycles. The zero-order valence-corrected chi connectivity index (χ0v) is 23.1. The average molecular weight is 554 g/mol. The molecule has 0 saturated carbocycles. The van der Waals surface area contributed by atoms with Crippen LogP contribution in [0.1, 0.15) is 55.6 Å². The molecule has 2 saturated heterocycles. The normalized spacial score (nSPS) is 21.3. The molecule has 3 N–H and O–H groups in total. The second-order valence-electron chi connectivity index (χ2n) is 11.0. The first kappa shape index (κ1) is 27.7. The van der Waals surface area contributed by atoms with Crippen LogP contribution < -0.4 is 15.5 Å². The van der Waals surface area contributed by atoms with Crippen LogP contribution >= 0.6 is 0 Å². The summed E-state index contributed by atoms with van der Waals surface area (Å²) in [7, 11) is 1.56. The highest BCUT2D eigenvalue weighted by Crippen LogP contribution is 2.28. The van der Waals surface area contributed by atoms with Gasteiger partial charge in [-0.3, -0.25) is 9.69 Å². The van der Waals surface area contributed by atoms with Gasteiger partial charge in [0.05, 0.1) is 38.2 Å². The number of nitrogens with one attached hydrogen (secondary N) is 2. The van der Waals surface area contributed by atoms with Crippen LogP contribution in [0.25, 0.3) is 5.65 Å². The minimum Gasteiger partial charge on any atom is -0.443 e. The van der Waals surface area contributed by atoms with E-state index in [-0.39, 0.29) is 30.3 Å². The van der Waals surface area contributed by atoms with Gasteiger partial charge in [-0.2, -0.15) is 9.61 Å². The number of fused-ring (bicyclic) bond motifs is 1. The largest absolute Gasteiger partial charge is 0.443 e. The number of hydrogen-bond acceptors (Lipinski definition) is 10. The Labute approximate surface area is 231 Å². The number of aliphatic hydroxyl groups is 1. The summed E-state index contributed by atoms with van der Waals surface area (Å²) in [6.07, 6.45) is 1.95. The van der Waals surface area contributed by atoms with Gasteiger partial charge >= 0.3 is 6.09 Å².